The standard InChI is InChI=1S/C38H47FN6O6S/c1-24(2)45-31-20-26(39)16-17-29(31)41-36(45)51-28-21-32-33(46)42-38(35(48)43-52(49,50)37(3)18-19-37)22-25(38)12-8-5-4-6-11-15-30(34(47)44(32)23-28)40-27-13-9-7-10-14-27/h7-10,12-14,16-17,20,24-25,28,30,32,40H,4-6,11,15,18-19,21-23H2,1-3H3,(H,42,46)(H,43,48)/t25-,28-,30+,32+,38-/m1/s1. The Hall–Kier alpha value is -4.46. The topological polar surface area (TPSA) is 152 Å². The second-order valence-corrected chi connectivity index (χ2v) is 17.5. The molecular formula is C38H47FN6O6S. The molecule has 14 heteroatoms. The second kappa shape index (κ2) is 13.8. The van der Waals surface area contributed by atoms with Crippen LogP contribution < -0.4 is 20.1 Å². The maximum atomic E-state index is 14.6. The summed E-state index contributed by atoms with van der Waals surface area (Å²) >= 11 is 0. The Morgan fingerprint density at radius 1 is 1.10 bits per heavy atom. The van der Waals surface area contributed by atoms with Gasteiger partial charge in [0.1, 0.15) is 29.5 Å². The summed E-state index contributed by atoms with van der Waals surface area (Å²) in [5.41, 5.74) is 0.413. The van der Waals surface area contributed by atoms with E-state index >= 15 is 0 Å². The van der Waals surface area contributed by atoms with Crippen LogP contribution in [0.3, 0.4) is 0 Å². The van der Waals surface area contributed by atoms with Gasteiger partial charge in [-0.1, -0.05) is 43.2 Å². The van der Waals surface area contributed by atoms with Crippen molar-refractivity contribution in [2.24, 2.45) is 5.92 Å². The summed E-state index contributed by atoms with van der Waals surface area (Å²) in [5.74, 6) is -2.42. The molecule has 4 aliphatic rings. The molecule has 3 aromatic rings. The fourth-order valence-corrected chi connectivity index (χ4v) is 8.77. The molecular weight excluding hydrogens is 688 g/mol. The molecule has 0 bridgehead atoms. The van der Waals surface area contributed by atoms with Crippen LogP contribution in [0.1, 0.15) is 84.6 Å². The lowest BCUT2D eigenvalue weighted by molar-refractivity contribution is -0.140. The SMILES string of the molecule is CC(C)n1c(O[C@@H]2C[C@H]3C(=O)N[C@]4(C(=O)NS(=O)(=O)C5(C)CC5)C[C@H]4C=CCCCCC[C@H](Nc4ccccc4)C(=O)N3C2)nc2ccc(F)cc21. The Morgan fingerprint density at radius 2 is 1.87 bits per heavy atom. The van der Waals surface area contributed by atoms with Crippen LogP contribution in [-0.4, -0.2) is 75.6 Å². The van der Waals surface area contributed by atoms with Crippen molar-refractivity contribution in [1.82, 2.24) is 24.5 Å². The fraction of sp³-hybridized carbons (Fsp3) is 0.526. The molecule has 3 N–H and O–H groups in total. The van der Waals surface area contributed by atoms with E-state index in [1.165, 1.54) is 17.0 Å². The Kier molecular flexibility index (Phi) is 9.55. The van der Waals surface area contributed by atoms with Gasteiger partial charge in [0.2, 0.25) is 21.8 Å². The molecule has 1 aromatic heterocycles. The molecule has 2 aromatic carbocycles. The number of nitrogens with one attached hydrogen (secondary N) is 3. The van der Waals surface area contributed by atoms with Gasteiger partial charge in [-0.2, -0.15) is 4.98 Å². The number of halogens is 1. The van der Waals surface area contributed by atoms with E-state index < -0.39 is 62.0 Å². The molecule has 3 amide bonds. The van der Waals surface area contributed by atoms with Crippen LogP contribution in [0, 0.1) is 11.7 Å². The minimum Gasteiger partial charge on any atom is -0.459 e. The third-order valence-electron chi connectivity index (χ3n) is 11.0. The van der Waals surface area contributed by atoms with Gasteiger partial charge in [-0.15, -0.1) is 0 Å². The minimum atomic E-state index is -3.96. The van der Waals surface area contributed by atoms with Crippen molar-refractivity contribution in [3.05, 3.63) is 66.5 Å². The third kappa shape index (κ3) is 7.01. The Labute approximate surface area is 303 Å². The smallest absolute Gasteiger partial charge is 0.297 e. The van der Waals surface area contributed by atoms with Gasteiger partial charge in [-0.3, -0.25) is 23.7 Å². The van der Waals surface area contributed by atoms with Crippen molar-refractivity contribution >= 4 is 44.5 Å². The number of sulfonamides is 1. The maximum Gasteiger partial charge on any atom is 0.297 e. The normalized spacial score (nSPS) is 27.6. The van der Waals surface area contributed by atoms with E-state index in [2.05, 4.69) is 20.3 Å². The van der Waals surface area contributed by atoms with E-state index in [1.54, 1.807) is 17.6 Å². The molecule has 7 rings (SSSR count). The van der Waals surface area contributed by atoms with Crippen LogP contribution in [0.2, 0.25) is 0 Å². The predicted octanol–water partition coefficient (Wildman–Crippen LogP) is 4.98. The van der Waals surface area contributed by atoms with Gasteiger partial charge in [-0.05, 0) is 89.6 Å². The lowest BCUT2D eigenvalue weighted by Crippen LogP contribution is -2.58. The highest BCUT2D eigenvalue weighted by atomic mass is 32.2. The van der Waals surface area contributed by atoms with Crippen LogP contribution in [0.25, 0.3) is 11.0 Å². The van der Waals surface area contributed by atoms with E-state index in [1.807, 2.05) is 56.3 Å². The number of fused-ring (bicyclic) bond motifs is 3. The van der Waals surface area contributed by atoms with Crippen LogP contribution in [0.4, 0.5) is 10.1 Å². The number of ether oxygens (including phenoxy) is 1. The van der Waals surface area contributed by atoms with E-state index in [9.17, 15) is 27.2 Å². The number of nitrogens with zero attached hydrogens (tertiary/aromatic N) is 3. The highest BCUT2D eigenvalue weighted by Crippen LogP contribution is 2.47. The van der Waals surface area contributed by atoms with Crippen LogP contribution >= 0.6 is 0 Å². The van der Waals surface area contributed by atoms with Crippen molar-refractivity contribution < 1.29 is 31.9 Å². The van der Waals surface area contributed by atoms with Gasteiger partial charge < -0.3 is 20.3 Å². The minimum absolute atomic E-state index is 0.0643. The molecule has 12 nitrogen and oxygen atoms in total. The van der Waals surface area contributed by atoms with Crippen molar-refractivity contribution in [3.63, 3.8) is 0 Å². The summed E-state index contributed by atoms with van der Waals surface area (Å²) in [6, 6.07) is 12.2. The van der Waals surface area contributed by atoms with Gasteiger partial charge in [-0.25, -0.2) is 12.8 Å². The lowest BCUT2D eigenvalue weighted by Gasteiger charge is -2.30. The quantitative estimate of drug-likeness (QED) is 0.274. The first-order chi connectivity index (χ1) is 24.8. The first-order valence-corrected chi connectivity index (χ1v) is 19.8. The Balaban J connectivity index is 1.21. The van der Waals surface area contributed by atoms with Crippen molar-refractivity contribution in [3.8, 4) is 6.01 Å². The predicted molar refractivity (Wildman–Crippen MR) is 194 cm³/mol. The molecule has 0 radical (unpaired) electrons. The number of para-hydroxylation sites is 1. The van der Waals surface area contributed by atoms with Gasteiger partial charge in [0, 0.05) is 24.1 Å². The van der Waals surface area contributed by atoms with Crippen LogP contribution in [0.5, 0.6) is 6.01 Å². The number of amides is 3. The number of imidazole rings is 1. The van der Waals surface area contributed by atoms with Crippen molar-refractivity contribution in [2.75, 3.05) is 11.9 Å². The average Bonchev–Trinajstić information content (AvgIpc) is 3.93. The summed E-state index contributed by atoms with van der Waals surface area (Å²) in [6.07, 6.45) is 8.28. The molecule has 3 fully saturated rings. The molecule has 5 atom stereocenters. The number of rotatable bonds is 8. The Bertz CT molecular complexity index is 2000. The van der Waals surface area contributed by atoms with Crippen LogP contribution in [-0.2, 0) is 24.4 Å². The second-order valence-electron chi connectivity index (χ2n) is 15.3. The molecule has 3 heterocycles. The Morgan fingerprint density at radius 3 is 2.60 bits per heavy atom. The number of carbonyl (C=O) groups is 3. The van der Waals surface area contributed by atoms with Crippen molar-refractivity contribution in [1.29, 1.82) is 0 Å². The zero-order valence-electron chi connectivity index (χ0n) is 29.8. The van der Waals surface area contributed by atoms with E-state index in [-0.39, 0.29) is 37.3 Å². The lowest BCUT2D eigenvalue weighted by atomic mass is 10.0. The summed E-state index contributed by atoms with van der Waals surface area (Å²) in [4.78, 5) is 49.0. The van der Waals surface area contributed by atoms with E-state index in [0.29, 0.717) is 30.3 Å². The molecule has 1 saturated heterocycles. The van der Waals surface area contributed by atoms with Gasteiger partial charge >= 0.3 is 0 Å². The third-order valence-corrected chi connectivity index (χ3v) is 13.2. The number of benzene rings is 2. The first-order valence-electron chi connectivity index (χ1n) is 18.3. The van der Waals surface area contributed by atoms with Gasteiger partial charge in [0.25, 0.3) is 11.9 Å². The van der Waals surface area contributed by atoms with E-state index in [0.717, 1.165) is 31.4 Å². The maximum absolute atomic E-state index is 14.6. The van der Waals surface area contributed by atoms with Crippen molar-refractivity contribution in [2.45, 2.75) is 113 Å². The summed E-state index contributed by atoms with van der Waals surface area (Å²) in [7, 11) is -3.96. The average molecular weight is 735 g/mol. The molecule has 0 spiro atoms. The monoisotopic (exact) mass is 734 g/mol. The summed E-state index contributed by atoms with van der Waals surface area (Å²) in [5, 5.41) is 6.32. The number of allylic oxidation sites excluding steroid dienone is 1. The van der Waals surface area contributed by atoms with E-state index in [4.69, 9.17) is 4.74 Å². The largest absolute Gasteiger partial charge is 0.459 e. The number of hydrogen-bond donors (Lipinski definition) is 3. The summed E-state index contributed by atoms with van der Waals surface area (Å²) in [6.45, 7) is 5.53. The highest BCUT2D eigenvalue weighted by molar-refractivity contribution is 7.91. The number of carbonyl (C=O) groups excluding carboxylic acids is 3. The van der Waals surface area contributed by atoms with Gasteiger partial charge in [0.05, 0.1) is 22.3 Å². The molecule has 2 saturated carbocycles. The number of hydrogen-bond acceptors (Lipinski definition) is 8. The molecule has 2 aliphatic carbocycles. The molecule has 2 aliphatic heterocycles. The highest BCUT2D eigenvalue weighted by Gasteiger charge is 2.63. The number of anilines is 1. The fourth-order valence-electron chi connectivity index (χ4n) is 7.46. The van der Waals surface area contributed by atoms with Gasteiger partial charge in [0.15, 0.2) is 0 Å². The number of aromatic nitrogens is 2. The molecule has 0 unspecified atom stereocenters. The zero-order chi connectivity index (χ0) is 36.8. The summed E-state index contributed by atoms with van der Waals surface area (Å²) < 4.78 is 50.1. The molecule has 52 heavy (non-hydrogen) atoms. The first kappa shape index (κ1) is 35.9. The van der Waals surface area contributed by atoms with Crippen LogP contribution in [0.15, 0.2) is 60.7 Å². The molecule has 278 valence electrons. The zero-order valence-corrected chi connectivity index (χ0v) is 30.6.